The molecule has 35 heavy (non-hydrogen) atoms. The average molecular weight is 505 g/mol. The molecule has 0 aliphatic rings. The largest absolute Gasteiger partial charge is 0.488 e. The molecule has 1 heterocycles. The lowest BCUT2D eigenvalue weighted by Gasteiger charge is -2.18. The van der Waals surface area contributed by atoms with E-state index in [4.69, 9.17) is 21.4 Å². The second kappa shape index (κ2) is 11.7. The molecule has 0 aliphatic carbocycles. The quantitative estimate of drug-likeness (QED) is 0.391. The zero-order valence-electron chi connectivity index (χ0n) is 19.3. The number of nitrogens with one attached hydrogen (secondary N) is 2. The van der Waals surface area contributed by atoms with Crippen molar-refractivity contribution in [3.8, 4) is 5.75 Å². The molecular formula is C24H26ClFN4O5. The first-order valence-electron chi connectivity index (χ1n) is 10.9. The molecule has 0 saturated carbocycles. The lowest BCUT2D eigenvalue weighted by atomic mass is 10.2. The molecule has 1 amide bonds. The van der Waals surface area contributed by atoms with Crippen LogP contribution in [-0.4, -0.2) is 39.4 Å². The molecule has 0 unspecified atom stereocenters. The topological polar surface area (TPSA) is 115 Å². The Hall–Kier alpha value is -3.63. The van der Waals surface area contributed by atoms with Crippen molar-refractivity contribution < 1.29 is 19.0 Å². The van der Waals surface area contributed by atoms with Gasteiger partial charge in [0.25, 0.3) is 5.56 Å². The van der Waals surface area contributed by atoms with Gasteiger partial charge in [-0.15, -0.1) is 0 Å². The van der Waals surface area contributed by atoms with Crippen LogP contribution in [0.25, 0.3) is 0 Å². The number of carbonyl (C=O) groups is 1. The van der Waals surface area contributed by atoms with Gasteiger partial charge < -0.3 is 20.5 Å². The number of anilines is 2. The number of aliphatic hydroxyl groups is 1. The number of carbonyl (C=O) groups excluding carboxylic acids is 1. The number of halogens is 2. The smallest absolute Gasteiger partial charge is 0.333 e. The van der Waals surface area contributed by atoms with Crippen LogP contribution in [0.1, 0.15) is 19.4 Å². The van der Waals surface area contributed by atoms with Crippen LogP contribution in [-0.2, 0) is 17.9 Å². The van der Waals surface area contributed by atoms with Crippen LogP contribution in [0.4, 0.5) is 15.9 Å². The lowest BCUT2D eigenvalue weighted by molar-refractivity contribution is -0.121. The van der Waals surface area contributed by atoms with Gasteiger partial charge in [-0.1, -0.05) is 23.7 Å². The fraction of sp³-hybridized carbons (Fsp3) is 0.292. The molecule has 2 aromatic carbocycles. The maximum atomic E-state index is 14.5. The number of rotatable bonds is 10. The Kier molecular flexibility index (Phi) is 8.67. The molecule has 9 nitrogen and oxygen atoms in total. The summed E-state index contributed by atoms with van der Waals surface area (Å²) in [6.07, 6.45) is -0.213. The summed E-state index contributed by atoms with van der Waals surface area (Å²) >= 11 is 5.95. The number of amides is 1. The Morgan fingerprint density at radius 2 is 1.83 bits per heavy atom. The van der Waals surface area contributed by atoms with Crippen LogP contribution in [0, 0.1) is 5.82 Å². The fourth-order valence-electron chi connectivity index (χ4n) is 3.26. The highest BCUT2D eigenvalue weighted by Crippen LogP contribution is 2.24. The molecule has 3 N–H and O–H groups in total. The summed E-state index contributed by atoms with van der Waals surface area (Å²) in [5.41, 5.74) is -0.458. The van der Waals surface area contributed by atoms with Crippen molar-refractivity contribution in [2.75, 3.05) is 18.5 Å². The summed E-state index contributed by atoms with van der Waals surface area (Å²) in [5.74, 6) is -1.02. The van der Waals surface area contributed by atoms with Gasteiger partial charge in [0.1, 0.15) is 12.4 Å². The highest BCUT2D eigenvalue weighted by Gasteiger charge is 2.16. The number of benzene rings is 2. The molecule has 0 atom stereocenters. The summed E-state index contributed by atoms with van der Waals surface area (Å²) in [6, 6.07) is 12.1. The minimum atomic E-state index is -0.741. The maximum absolute atomic E-state index is 14.5. The van der Waals surface area contributed by atoms with Crippen molar-refractivity contribution in [1.29, 1.82) is 0 Å². The van der Waals surface area contributed by atoms with E-state index in [9.17, 15) is 18.8 Å². The summed E-state index contributed by atoms with van der Waals surface area (Å²) in [5, 5.41) is 14.7. The maximum Gasteiger partial charge on any atom is 0.333 e. The molecule has 3 aromatic rings. The molecule has 11 heteroatoms. The molecule has 0 saturated heterocycles. The van der Waals surface area contributed by atoms with Gasteiger partial charge in [-0.2, -0.15) is 0 Å². The van der Waals surface area contributed by atoms with Crippen LogP contribution in [0.5, 0.6) is 5.75 Å². The van der Waals surface area contributed by atoms with Gasteiger partial charge in [0, 0.05) is 29.4 Å². The molecule has 0 bridgehead atoms. The Morgan fingerprint density at radius 3 is 2.46 bits per heavy atom. The molecule has 0 spiro atoms. The minimum absolute atomic E-state index is 0.00568. The number of hydrogen-bond donors (Lipinski definition) is 3. The van der Waals surface area contributed by atoms with Gasteiger partial charge in [0.05, 0.1) is 19.3 Å². The normalized spacial score (nSPS) is 10.9. The summed E-state index contributed by atoms with van der Waals surface area (Å²) < 4.78 is 21.9. The van der Waals surface area contributed by atoms with Crippen molar-refractivity contribution in [1.82, 2.24) is 14.5 Å². The number of hydrogen-bond acceptors (Lipinski definition) is 6. The zero-order chi connectivity index (χ0) is 25.5. The second-order valence-electron chi connectivity index (χ2n) is 7.96. The molecular weight excluding hydrogens is 479 g/mol. The Labute approximate surface area is 205 Å². The van der Waals surface area contributed by atoms with E-state index in [2.05, 4.69) is 10.6 Å². The van der Waals surface area contributed by atoms with E-state index >= 15 is 0 Å². The zero-order valence-corrected chi connectivity index (χ0v) is 20.0. The first kappa shape index (κ1) is 26.0. The molecule has 0 aliphatic heterocycles. The predicted molar refractivity (Wildman–Crippen MR) is 131 cm³/mol. The Bertz CT molecular complexity index is 1300. The Balaban J connectivity index is 2.01. The van der Waals surface area contributed by atoms with Crippen molar-refractivity contribution in [2.24, 2.45) is 0 Å². The van der Waals surface area contributed by atoms with E-state index in [1.807, 2.05) is 0 Å². The van der Waals surface area contributed by atoms with E-state index in [1.54, 1.807) is 44.2 Å². The molecule has 3 rings (SSSR count). The Morgan fingerprint density at radius 1 is 1.11 bits per heavy atom. The van der Waals surface area contributed by atoms with Gasteiger partial charge in [0.2, 0.25) is 5.91 Å². The van der Waals surface area contributed by atoms with Crippen LogP contribution in [0.2, 0.25) is 5.02 Å². The second-order valence-corrected chi connectivity index (χ2v) is 8.40. The SMILES string of the molecule is CC(C)Oc1ccc(Nc2cc(=O)n(CC(=O)NCCO)c(=O)n2Cc2ccc(Cl)cc2)cc1F. The van der Waals surface area contributed by atoms with E-state index < -0.39 is 29.5 Å². The first-order valence-corrected chi connectivity index (χ1v) is 11.3. The molecule has 0 fully saturated rings. The molecule has 0 radical (unpaired) electrons. The number of aromatic nitrogens is 2. The van der Waals surface area contributed by atoms with Crippen molar-refractivity contribution in [2.45, 2.75) is 33.0 Å². The third-order valence-electron chi connectivity index (χ3n) is 4.84. The van der Waals surface area contributed by atoms with Crippen LogP contribution >= 0.6 is 11.6 Å². The van der Waals surface area contributed by atoms with Crippen molar-refractivity contribution in [3.63, 3.8) is 0 Å². The third-order valence-corrected chi connectivity index (χ3v) is 5.09. The fourth-order valence-corrected chi connectivity index (χ4v) is 3.39. The van der Waals surface area contributed by atoms with E-state index in [-0.39, 0.29) is 37.4 Å². The van der Waals surface area contributed by atoms with E-state index in [1.165, 1.54) is 16.7 Å². The highest BCUT2D eigenvalue weighted by molar-refractivity contribution is 6.30. The van der Waals surface area contributed by atoms with Gasteiger partial charge in [-0.05, 0) is 43.7 Å². The third kappa shape index (κ3) is 6.93. The average Bonchev–Trinajstić information content (AvgIpc) is 2.80. The predicted octanol–water partition coefficient (Wildman–Crippen LogP) is 2.49. The van der Waals surface area contributed by atoms with Crippen LogP contribution in [0.3, 0.4) is 0 Å². The number of ether oxygens (including phenoxy) is 1. The van der Waals surface area contributed by atoms with Crippen LogP contribution in [0.15, 0.2) is 58.1 Å². The van der Waals surface area contributed by atoms with Crippen molar-refractivity contribution >= 4 is 29.0 Å². The first-order chi connectivity index (χ1) is 16.7. The minimum Gasteiger partial charge on any atom is -0.488 e. The van der Waals surface area contributed by atoms with Crippen molar-refractivity contribution in [3.05, 3.63) is 85.8 Å². The summed E-state index contributed by atoms with van der Waals surface area (Å²) in [6.45, 7) is 2.80. The monoisotopic (exact) mass is 504 g/mol. The van der Waals surface area contributed by atoms with Gasteiger partial charge in [-0.25, -0.2) is 9.18 Å². The van der Waals surface area contributed by atoms with Gasteiger partial charge in [0.15, 0.2) is 11.6 Å². The highest BCUT2D eigenvalue weighted by atomic mass is 35.5. The van der Waals surface area contributed by atoms with Gasteiger partial charge >= 0.3 is 5.69 Å². The van der Waals surface area contributed by atoms with Crippen LogP contribution < -0.4 is 26.6 Å². The summed E-state index contributed by atoms with van der Waals surface area (Å²) in [4.78, 5) is 38.1. The van der Waals surface area contributed by atoms with E-state index in [0.29, 0.717) is 16.3 Å². The number of nitrogens with zero attached hydrogens (tertiary/aromatic N) is 2. The molecule has 186 valence electrons. The molecule has 1 aromatic heterocycles. The van der Waals surface area contributed by atoms with E-state index in [0.717, 1.165) is 10.6 Å². The van der Waals surface area contributed by atoms with Gasteiger partial charge in [-0.3, -0.25) is 18.7 Å². The summed E-state index contributed by atoms with van der Waals surface area (Å²) in [7, 11) is 0. The number of aliphatic hydroxyl groups excluding tert-OH is 1. The standard InChI is InChI=1S/C24H26ClFN4O5/c1-15(2)35-20-8-7-18(11-19(20)26)28-21-12-23(33)30(14-22(32)27-9-10-31)24(34)29(21)13-16-3-5-17(25)6-4-16/h3-8,11-12,15,28,31H,9-10,13-14H2,1-2H3,(H,27,32). The lowest BCUT2D eigenvalue weighted by Crippen LogP contribution is -2.44.